The van der Waals surface area contributed by atoms with Crippen molar-refractivity contribution < 1.29 is 0 Å². The summed E-state index contributed by atoms with van der Waals surface area (Å²) in [7, 11) is -5.89. The minimum Gasteiger partial charge on any atom is -0.0623 e. The molecule has 0 amide bonds. The Morgan fingerprint density at radius 3 is 0.932 bits per heavy atom. The maximum atomic E-state index is 2.61. The molecule has 0 nitrogen and oxygen atoms in total. The second kappa shape index (κ2) is 19.2. The molecule has 0 fully saturated rings. The van der Waals surface area contributed by atoms with Crippen LogP contribution < -0.4 is 41.5 Å². The number of hydrogen-bond acceptors (Lipinski definition) is 0. The molecule has 0 N–H and O–H groups in total. The molecule has 0 aliphatic heterocycles. The second-order valence-electron chi connectivity index (χ2n) is 19.4. The van der Waals surface area contributed by atoms with Gasteiger partial charge in [0.1, 0.15) is 0 Å². The van der Waals surface area contributed by atoms with E-state index in [-0.39, 0.29) is 0 Å². The third-order valence-electron chi connectivity index (χ3n) is 15.6. The van der Waals surface area contributed by atoms with Gasteiger partial charge in [0.25, 0.3) is 0 Å². The van der Waals surface area contributed by atoms with Gasteiger partial charge in [-0.3, -0.25) is 0 Å². The lowest BCUT2D eigenvalue weighted by Gasteiger charge is -2.35. The Balaban J connectivity index is 1.21. The molecule has 13 aromatic rings. The summed E-state index contributed by atoms with van der Waals surface area (Å²) in [5, 5.41) is 18.3. The summed E-state index contributed by atoms with van der Waals surface area (Å²) in [6.07, 6.45) is 0. The Hall–Kier alpha value is -8.93. The van der Waals surface area contributed by atoms with Crippen molar-refractivity contribution in [3.63, 3.8) is 0 Å². The molecule has 0 atom stereocenters. The summed E-state index contributed by atoms with van der Waals surface area (Å²) in [5.74, 6) is 0. The normalized spacial score (nSPS) is 11.8. The first-order valence-corrected chi connectivity index (χ1v) is 29.7. The fraction of sp³-hybridized carbons (Fsp3) is 0. The highest BCUT2D eigenvalue weighted by Crippen LogP contribution is 2.45. The van der Waals surface area contributed by atoms with E-state index in [4.69, 9.17) is 0 Å². The molecule has 13 aromatic carbocycles. The van der Waals surface area contributed by atoms with Crippen LogP contribution in [0.5, 0.6) is 0 Å². The van der Waals surface area contributed by atoms with E-state index in [1.54, 1.807) is 0 Å². The predicted octanol–water partition coefficient (Wildman–Crippen LogP) is 12.9. The van der Waals surface area contributed by atoms with Gasteiger partial charge in [-0.15, -0.1) is 0 Å². The SMILES string of the molecule is c1ccc(-c2ccc(-c3c4cc([Si](c5ccccc5)(c5ccccc5)c5ccccc5)ccc4c(-c4cccc5ccccc45)c4cc([Si](c5ccccc5)(c5ccccc5)c5ccccc5)ccc34)cc2)cc1. The quantitative estimate of drug-likeness (QED) is 0.0688. The average molecular weight is 973 g/mol. The Morgan fingerprint density at radius 1 is 0.176 bits per heavy atom. The van der Waals surface area contributed by atoms with Crippen LogP contribution in [0, 0.1) is 0 Å². The molecule has 2 heteroatoms. The summed E-state index contributed by atoms with van der Waals surface area (Å²) >= 11 is 0. The van der Waals surface area contributed by atoms with Crippen molar-refractivity contribution in [2.75, 3.05) is 0 Å². The fourth-order valence-corrected chi connectivity index (χ4v) is 21.9. The number of rotatable bonds is 11. The molecule has 13 rings (SSSR count). The molecule has 0 aliphatic rings. The van der Waals surface area contributed by atoms with Crippen LogP contribution in [0.3, 0.4) is 0 Å². The number of benzene rings is 13. The first-order valence-electron chi connectivity index (χ1n) is 25.7. The van der Waals surface area contributed by atoms with Crippen LogP contribution in [0.2, 0.25) is 0 Å². The maximum Gasteiger partial charge on any atom is 0.179 e. The zero-order chi connectivity index (χ0) is 49.3. The summed E-state index contributed by atoms with van der Waals surface area (Å²) in [6, 6.07) is 119. The van der Waals surface area contributed by atoms with Crippen molar-refractivity contribution in [3.8, 4) is 33.4 Å². The Kier molecular flexibility index (Phi) is 11.7. The molecule has 0 aliphatic carbocycles. The Morgan fingerprint density at radius 2 is 0.500 bits per heavy atom. The summed E-state index contributed by atoms with van der Waals surface area (Å²) < 4.78 is 0. The molecule has 0 saturated heterocycles. The van der Waals surface area contributed by atoms with Crippen LogP contribution in [0.4, 0.5) is 0 Å². The van der Waals surface area contributed by atoms with Crippen molar-refractivity contribution in [2.45, 2.75) is 0 Å². The van der Waals surface area contributed by atoms with E-state index >= 15 is 0 Å². The molecule has 348 valence electrons. The van der Waals surface area contributed by atoms with Gasteiger partial charge in [-0.05, 0) is 107 Å². The predicted molar refractivity (Wildman–Crippen MR) is 323 cm³/mol. The van der Waals surface area contributed by atoms with Crippen LogP contribution in [0.25, 0.3) is 65.7 Å². The molecule has 0 spiro atoms. The van der Waals surface area contributed by atoms with Crippen LogP contribution in [-0.2, 0) is 0 Å². The Labute approximate surface area is 436 Å². The van der Waals surface area contributed by atoms with E-state index in [1.165, 1.54) is 107 Å². The lowest BCUT2D eigenvalue weighted by Crippen LogP contribution is -2.74. The van der Waals surface area contributed by atoms with E-state index in [1.807, 2.05) is 0 Å². The van der Waals surface area contributed by atoms with Crippen molar-refractivity contribution in [1.29, 1.82) is 0 Å². The lowest BCUT2D eigenvalue weighted by atomic mass is 9.84. The van der Waals surface area contributed by atoms with E-state index < -0.39 is 16.1 Å². The standard InChI is InChI=1S/C72H52Si2/c1-8-25-53(26-9-1)54-43-45-56(46-44-54)71-67-49-47-64(74(60-35-16-5-17-36-60,61-37-18-6-19-38-61)62-39-20-7-21-40-62)52-70(67)72(66-42-24-28-55-27-22-23-41-65(55)66)68-50-48-63(51-69(68)71)73(57-29-10-2-11-30-57,58-31-12-3-13-32-58)59-33-14-4-15-34-59/h1-52H. The topological polar surface area (TPSA) is 0 Å². The van der Waals surface area contributed by atoms with Gasteiger partial charge in [0, 0.05) is 0 Å². The van der Waals surface area contributed by atoms with Gasteiger partial charge >= 0.3 is 0 Å². The summed E-state index contributed by atoms with van der Waals surface area (Å²) in [5.41, 5.74) is 7.34. The largest absolute Gasteiger partial charge is 0.179 e. The van der Waals surface area contributed by atoms with E-state index in [0.29, 0.717) is 0 Å². The Bertz CT molecular complexity index is 3870. The number of hydrogen-bond donors (Lipinski definition) is 0. The third kappa shape index (κ3) is 7.49. The van der Waals surface area contributed by atoms with Crippen molar-refractivity contribution in [3.05, 3.63) is 315 Å². The van der Waals surface area contributed by atoms with Gasteiger partial charge in [0.15, 0.2) is 16.1 Å². The summed E-state index contributed by atoms with van der Waals surface area (Å²) in [6.45, 7) is 0. The van der Waals surface area contributed by atoms with Crippen molar-refractivity contribution in [1.82, 2.24) is 0 Å². The van der Waals surface area contributed by atoms with Crippen LogP contribution in [-0.4, -0.2) is 16.1 Å². The minimum atomic E-state index is -2.94. The molecule has 0 aromatic heterocycles. The highest BCUT2D eigenvalue weighted by Gasteiger charge is 2.43. The second-order valence-corrected chi connectivity index (χ2v) is 27.1. The highest BCUT2D eigenvalue weighted by molar-refractivity contribution is 7.20. The van der Waals surface area contributed by atoms with Gasteiger partial charge in [0.2, 0.25) is 0 Å². The molecular formula is C72H52Si2. The van der Waals surface area contributed by atoms with Crippen molar-refractivity contribution >= 4 is 90.0 Å². The molecule has 74 heavy (non-hydrogen) atoms. The first kappa shape index (κ1) is 45.0. The van der Waals surface area contributed by atoms with E-state index in [9.17, 15) is 0 Å². The monoisotopic (exact) mass is 972 g/mol. The van der Waals surface area contributed by atoms with Gasteiger partial charge in [-0.25, -0.2) is 0 Å². The molecular weight excluding hydrogens is 921 g/mol. The summed E-state index contributed by atoms with van der Waals surface area (Å²) in [4.78, 5) is 0. The molecule has 0 radical (unpaired) electrons. The van der Waals surface area contributed by atoms with E-state index in [2.05, 4.69) is 315 Å². The lowest BCUT2D eigenvalue weighted by molar-refractivity contribution is 1.61. The molecule has 0 bridgehead atoms. The molecule has 0 saturated carbocycles. The third-order valence-corrected chi connectivity index (χ3v) is 25.1. The average Bonchev–Trinajstić information content (AvgIpc) is 3.49. The van der Waals surface area contributed by atoms with Crippen LogP contribution in [0.1, 0.15) is 0 Å². The fourth-order valence-electron chi connectivity index (χ4n) is 12.3. The molecule has 0 heterocycles. The smallest absolute Gasteiger partial charge is 0.0623 e. The first-order chi connectivity index (χ1) is 36.7. The van der Waals surface area contributed by atoms with Crippen molar-refractivity contribution in [2.24, 2.45) is 0 Å². The minimum absolute atomic E-state index is 1.19. The molecule has 0 unspecified atom stereocenters. The zero-order valence-electron chi connectivity index (χ0n) is 41.0. The van der Waals surface area contributed by atoms with Gasteiger partial charge in [-0.2, -0.15) is 0 Å². The highest BCUT2D eigenvalue weighted by atomic mass is 28.3. The van der Waals surface area contributed by atoms with Crippen LogP contribution in [0.15, 0.2) is 315 Å². The van der Waals surface area contributed by atoms with Crippen LogP contribution >= 0.6 is 0 Å². The van der Waals surface area contributed by atoms with E-state index in [0.717, 1.165) is 0 Å². The van der Waals surface area contributed by atoms with Gasteiger partial charge in [-0.1, -0.05) is 315 Å². The zero-order valence-corrected chi connectivity index (χ0v) is 43.0. The van der Waals surface area contributed by atoms with Gasteiger partial charge in [0.05, 0.1) is 0 Å². The number of fused-ring (bicyclic) bond motifs is 3. The maximum absolute atomic E-state index is 2.94. The van der Waals surface area contributed by atoms with Gasteiger partial charge < -0.3 is 0 Å².